The van der Waals surface area contributed by atoms with Crippen LogP contribution in [0.15, 0.2) is 18.2 Å². The van der Waals surface area contributed by atoms with Gasteiger partial charge in [-0.25, -0.2) is 0 Å². The Morgan fingerprint density at radius 2 is 2.12 bits per heavy atom. The second-order valence-electron chi connectivity index (χ2n) is 4.40. The largest absolute Gasteiger partial charge is 0.494 e. The summed E-state index contributed by atoms with van der Waals surface area (Å²) in [6.45, 7) is 3.66. The van der Waals surface area contributed by atoms with Crippen LogP contribution >= 0.6 is 0 Å². The van der Waals surface area contributed by atoms with Crippen molar-refractivity contribution < 1.29 is 4.74 Å². The van der Waals surface area contributed by atoms with Gasteiger partial charge in [-0.15, -0.1) is 0 Å². The van der Waals surface area contributed by atoms with E-state index in [1.54, 1.807) is 0 Å². The second kappa shape index (κ2) is 6.25. The first-order valence-corrected chi connectivity index (χ1v) is 5.73. The Kier molecular flexibility index (Phi) is 4.97. The minimum Gasteiger partial charge on any atom is -0.494 e. The molecule has 4 nitrogen and oxygen atoms in total. The van der Waals surface area contributed by atoms with Crippen LogP contribution in [0.4, 0.5) is 0 Å². The minimum absolute atomic E-state index is 0.0988. The molecule has 0 bridgehead atoms. The maximum absolute atomic E-state index is 7.39. The Labute approximate surface area is 103 Å². The normalized spacial score (nSPS) is 10.6. The lowest BCUT2D eigenvalue weighted by atomic mass is 10.1. The van der Waals surface area contributed by atoms with Crippen molar-refractivity contribution in [3.05, 3.63) is 29.3 Å². The molecule has 0 aliphatic heterocycles. The fraction of sp³-hybridized carbons (Fsp3) is 0.462. The molecule has 0 aliphatic carbocycles. The first-order chi connectivity index (χ1) is 8.00. The molecule has 17 heavy (non-hydrogen) atoms. The van der Waals surface area contributed by atoms with Crippen molar-refractivity contribution in [2.45, 2.75) is 13.3 Å². The number of nitrogens with one attached hydrogen (secondary N) is 1. The van der Waals surface area contributed by atoms with Crippen LogP contribution in [0.5, 0.6) is 5.75 Å². The standard InChI is InChI=1S/C13H21N3O/c1-10-9-11(5-6-12(10)13(14)15)17-8-4-7-16(2)3/h5-6,9H,4,7-8H2,1-3H3,(H3,14,15). The van der Waals surface area contributed by atoms with E-state index in [1.807, 2.05) is 39.2 Å². The van der Waals surface area contributed by atoms with Gasteiger partial charge in [0.25, 0.3) is 0 Å². The average Bonchev–Trinajstić information content (AvgIpc) is 2.23. The van der Waals surface area contributed by atoms with Crippen LogP contribution in [0.3, 0.4) is 0 Å². The van der Waals surface area contributed by atoms with Crippen LogP contribution in [0.2, 0.25) is 0 Å². The molecule has 1 aromatic rings. The highest BCUT2D eigenvalue weighted by Crippen LogP contribution is 2.17. The van der Waals surface area contributed by atoms with E-state index >= 15 is 0 Å². The van der Waals surface area contributed by atoms with Crippen LogP contribution in [0, 0.1) is 12.3 Å². The Hall–Kier alpha value is -1.55. The molecule has 0 unspecified atom stereocenters. The number of nitrogens with zero attached hydrogens (tertiary/aromatic N) is 1. The van der Waals surface area contributed by atoms with Gasteiger partial charge in [0.2, 0.25) is 0 Å². The highest BCUT2D eigenvalue weighted by Gasteiger charge is 2.03. The predicted molar refractivity (Wildman–Crippen MR) is 70.9 cm³/mol. The third-order valence-electron chi connectivity index (χ3n) is 2.51. The second-order valence-corrected chi connectivity index (χ2v) is 4.40. The zero-order valence-electron chi connectivity index (χ0n) is 10.8. The van der Waals surface area contributed by atoms with E-state index in [1.165, 1.54) is 0 Å². The fourth-order valence-corrected chi connectivity index (χ4v) is 1.60. The van der Waals surface area contributed by atoms with E-state index in [4.69, 9.17) is 15.9 Å². The molecular weight excluding hydrogens is 214 g/mol. The quantitative estimate of drug-likeness (QED) is 0.447. The molecule has 0 saturated heterocycles. The van der Waals surface area contributed by atoms with Gasteiger partial charge >= 0.3 is 0 Å². The minimum atomic E-state index is 0.0988. The maximum Gasteiger partial charge on any atom is 0.123 e. The van der Waals surface area contributed by atoms with Crippen LogP contribution in [-0.2, 0) is 0 Å². The molecular formula is C13H21N3O. The number of aryl methyl sites for hydroxylation is 1. The van der Waals surface area contributed by atoms with Gasteiger partial charge in [0, 0.05) is 12.1 Å². The molecule has 0 fully saturated rings. The Morgan fingerprint density at radius 1 is 1.41 bits per heavy atom. The molecule has 0 amide bonds. The van der Waals surface area contributed by atoms with Gasteiger partial charge in [-0.3, -0.25) is 5.41 Å². The summed E-state index contributed by atoms with van der Waals surface area (Å²) in [4.78, 5) is 2.13. The summed E-state index contributed by atoms with van der Waals surface area (Å²) < 4.78 is 5.63. The van der Waals surface area contributed by atoms with Crippen molar-refractivity contribution in [3.8, 4) is 5.75 Å². The van der Waals surface area contributed by atoms with Gasteiger partial charge in [0.1, 0.15) is 11.6 Å². The lowest BCUT2D eigenvalue weighted by Crippen LogP contribution is -2.16. The molecule has 94 valence electrons. The molecule has 0 atom stereocenters. The number of benzene rings is 1. The first-order valence-electron chi connectivity index (χ1n) is 5.73. The van der Waals surface area contributed by atoms with Crippen molar-refractivity contribution in [1.29, 1.82) is 5.41 Å². The number of hydrogen-bond acceptors (Lipinski definition) is 3. The molecule has 0 aromatic heterocycles. The van der Waals surface area contributed by atoms with E-state index in [9.17, 15) is 0 Å². The zero-order valence-corrected chi connectivity index (χ0v) is 10.8. The fourth-order valence-electron chi connectivity index (χ4n) is 1.60. The Balaban J connectivity index is 2.50. The zero-order chi connectivity index (χ0) is 12.8. The van der Waals surface area contributed by atoms with E-state index in [2.05, 4.69) is 4.90 Å². The highest BCUT2D eigenvalue weighted by atomic mass is 16.5. The van der Waals surface area contributed by atoms with Crippen LogP contribution in [0.25, 0.3) is 0 Å². The number of nitrogens with two attached hydrogens (primary N) is 1. The smallest absolute Gasteiger partial charge is 0.123 e. The van der Waals surface area contributed by atoms with E-state index < -0.39 is 0 Å². The summed E-state index contributed by atoms with van der Waals surface area (Å²) in [5, 5.41) is 7.39. The molecule has 3 N–H and O–H groups in total. The summed E-state index contributed by atoms with van der Waals surface area (Å²) in [5.74, 6) is 0.938. The third-order valence-corrected chi connectivity index (χ3v) is 2.51. The van der Waals surface area contributed by atoms with E-state index in [0.29, 0.717) is 6.61 Å². The predicted octanol–water partition coefficient (Wildman–Crippen LogP) is 1.61. The number of ether oxygens (including phenoxy) is 1. The Bertz CT molecular complexity index is 388. The first kappa shape index (κ1) is 13.5. The molecule has 0 radical (unpaired) electrons. The molecule has 0 saturated carbocycles. The van der Waals surface area contributed by atoms with Crippen molar-refractivity contribution in [2.75, 3.05) is 27.2 Å². The molecule has 1 aromatic carbocycles. The SMILES string of the molecule is Cc1cc(OCCCN(C)C)ccc1C(=N)N. The maximum atomic E-state index is 7.39. The Morgan fingerprint density at radius 3 is 2.65 bits per heavy atom. The molecule has 0 heterocycles. The van der Waals surface area contributed by atoms with Crippen LogP contribution < -0.4 is 10.5 Å². The van der Waals surface area contributed by atoms with Crippen molar-refractivity contribution >= 4 is 5.84 Å². The number of rotatable bonds is 6. The summed E-state index contributed by atoms with van der Waals surface area (Å²) in [6, 6.07) is 5.62. The number of amidine groups is 1. The third kappa shape index (κ3) is 4.44. The summed E-state index contributed by atoms with van der Waals surface area (Å²) >= 11 is 0. The summed E-state index contributed by atoms with van der Waals surface area (Å²) in [6.07, 6.45) is 1.00. The van der Waals surface area contributed by atoms with Gasteiger partial charge in [0.15, 0.2) is 0 Å². The molecule has 0 spiro atoms. The van der Waals surface area contributed by atoms with Crippen molar-refractivity contribution in [1.82, 2.24) is 4.90 Å². The molecule has 0 aliphatic rings. The van der Waals surface area contributed by atoms with Crippen molar-refractivity contribution in [3.63, 3.8) is 0 Å². The average molecular weight is 235 g/mol. The van der Waals surface area contributed by atoms with Gasteiger partial charge in [-0.1, -0.05) is 0 Å². The lowest BCUT2D eigenvalue weighted by Gasteiger charge is -2.11. The van der Waals surface area contributed by atoms with Crippen molar-refractivity contribution in [2.24, 2.45) is 5.73 Å². The molecule has 1 rings (SSSR count). The van der Waals surface area contributed by atoms with Gasteiger partial charge in [0.05, 0.1) is 6.61 Å². The summed E-state index contributed by atoms with van der Waals surface area (Å²) in [7, 11) is 4.09. The topological polar surface area (TPSA) is 62.3 Å². The number of hydrogen-bond donors (Lipinski definition) is 2. The van der Waals surface area contributed by atoms with Crippen LogP contribution in [-0.4, -0.2) is 38.0 Å². The van der Waals surface area contributed by atoms with Gasteiger partial charge in [-0.05, 0) is 51.2 Å². The summed E-state index contributed by atoms with van der Waals surface area (Å²) in [5.41, 5.74) is 7.20. The highest BCUT2D eigenvalue weighted by molar-refractivity contribution is 5.96. The number of nitrogen functional groups attached to an aromatic ring is 1. The monoisotopic (exact) mass is 235 g/mol. The van der Waals surface area contributed by atoms with E-state index in [-0.39, 0.29) is 5.84 Å². The molecule has 4 heteroatoms. The van der Waals surface area contributed by atoms with Gasteiger partial charge < -0.3 is 15.4 Å². The van der Waals surface area contributed by atoms with Gasteiger partial charge in [-0.2, -0.15) is 0 Å². The van der Waals surface area contributed by atoms with Crippen LogP contribution in [0.1, 0.15) is 17.5 Å². The van der Waals surface area contributed by atoms with E-state index in [0.717, 1.165) is 29.8 Å². The lowest BCUT2D eigenvalue weighted by molar-refractivity contribution is 0.281.